The zero-order valence-electron chi connectivity index (χ0n) is 9.90. The largest absolute Gasteiger partial charge is 0.454 e. The van der Waals surface area contributed by atoms with Crippen LogP contribution in [0.25, 0.3) is 11.3 Å². The lowest BCUT2D eigenvalue weighted by Gasteiger charge is -2.02. The molecule has 0 saturated heterocycles. The summed E-state index contributed by atoms with van der Waals surface area (Å²) in [5.41, 5.74) is 7.67. The Hall–Kier alpha value is -2.21. The molecule has 2 aromatic rings. The van der Waals surface area contributed by atoms with Crippen molar-refractivity contribution in [3.05, 3.63) is 34.1 Å². The first-order valence-corrected chi connectivity index (χ1v) is 5.58. The maximum Gasteiger partial charge on any atom is 0.271 e. The van der Waals surface area contributed by atoms with Crippen LogP contribution in [0.5, 0.6) is 11.5 Å². The van der Waals surface area contributed by atoms with Crippen molar-refractivity contribution in [3.8, 4) is 22.8 Å². The van der Waals surface area contributed by atoms with Gasteiger partial charge in [-0.1, -0.05) is 0 Å². The fraction of sp³-hybridized carbons (Fsp3) is 0.250. The zero-order chi connectivity index (χ0) is 12.7. The molecule has 0 radical (unpaired) electrons. The van der Waals surface area contributed by atoms with Crippen LogP contribution in [0, 0.1) is 0 Å². The van der Waals surface area contributed by atoms with E-state index in [4.69, 9.17) is 15.2 Å². The quantitative estimate of drug-likeness (QED) is 0.812. The first-order chi connectivity index (χ1) is 8.70. The van der Waals surface area contributed by atoms with Crippen LogP contribution in [0.3, 0.4) is 0 Å². The number of nitrogens with two attached hydrogens (primary N) is 1. The van der Waals surface area contributed by atoms with Crippen LogP contribution in [0.2, 0.25) is 0 Å². The third kappa shape index (κ3) is 1.50. The van der Waals surface area contributed by atoms with Gasteiger partial charge in [-0.05, 0) is 18.2 Å². The highest BCUT2D eigenvalue weighted by Gasteiger charge is 2.17. The fourth-order valence-electron chi connectivity index (χ4n) is 2.08. The van der Waals surface area contributed by atoms with Gasteiger partial charge in [0.2, 0.25) is 6.79 Å². The van der Waals surface area contributed by atoms with Gasteiger partial charge in [-0.25, -0.2) is 0 Å². The highest BCUT2D eigenvalue weighted by molar-refractivity contribution is 5.67. The lowest BCUT2D eigenvalue weighted by Crippen LogP contribution is -2.17. The molecule has 0 saturated carbocycles. The molecule has 94 valence electrons. The van der Waals surface area contributed by atoms with Gasteiger partial charge in [-0.2, -0.15) is 0 Å². The van der Waals surface area contributed by atoms with E-state index in [1.807, 2.05) is 18.2 Å². The summed E-state index contributed by atoms with van der Waals surface area (Å²) in [6.07, 6.45) is 0. The average Bonchev–Trinajstić information content (AvgIpc) is 2.94. The number of nitrogens with zero attached hydrogens (tertiary/aromatic N) is 1. The topological polar surface area (TPSA) is 82.3 Å². The molecular weight excluding hydrogens is 234 g/mol. The number of H-pyrrole nitrogens is 1. The Morgan fingerprint density at radius 3 is 2.94 bits per heavy atom. The molecule has 0 amide bonds. The zero-order valence-corrected chi connectivity index (χ0v) is 9.90. The summed E-state index contributed by atoms with van der Waals surface area (Å²) in [6, 6.07) is 5.54. The summed E-state index contributed by atoms with van der Waals surface area (Å²) in [4.78, 5) is 11.8. The molecule has 18 heavy (non-hydrogen) atoms. The van der Waals surface area contributed by atoms with E-state index in [1.54, 1.807) is 7.05 Å². The number of aromatic amines is 1. The smallest absolute Gasteiger partial charge is 0.271 e. The number of fused-ring (bicyclic) bond motifs is 1. The molecule has 3 N–H and O–H groups in total. The van der Waals surface area contributed by atoms with E-state index in [1.165, 1.54) is 4.68 Å². The van der Waals surface area contributed by atoms with Crippen LogP contribution < -0.4 is 20.8 Å². The van der Waals surface area contributed by atoms with Crippen molar-refractivity contribution in [2.24, 2.45) is 12.8 Å². The van der Waals surface area contributed by atoms with Crippen LogP contribution in [-0.4, -0.2) is 16.6 Å². The van der Waals surface area contributed by atoms with Crippen molar-refractivity contribution in [2.45, 2.75) is 6.54 Å². The Kier molecular flexibility index (Phi) is 2.38. The molecule has 1 aromatic carbocycles. The van der Waals surface area contributed by atoms with Crippen LogP contribution in [0.15, 0.2) is 23.0 Å². The molecule has 0 unspecified atom stereocenters. The number of hydrogen-bond donors (Lipinski definition) is 2. The molecule has 0 spiro atoms. The lowest BCUT2D eigenvalue weighted by molar-refractivity contribution is 0.174. The standard InChI is InChI=1S/C12H13N3O3/c1-15-12(16)8(5-13)11(14-15)7-2-3-9-10(4-7)18-6-17-9/h2-4,14H,5-6,13H2,1H3. The van der Waals surface area contributed by atoms with Crippen molar-refractivity contribution in [2.75, 3.05) is 6.79 Å². The molecule has 0 aliphatic carbocycles. The monoisotopic (exact) mass is 247 g/mol. The number of nitrogens with one attached hydrogen (secondary N) is 1. The van der Waals surface area contributed by atoms with Gasteiger partial charge in [0.1, 0.15) is 0 Å². The van der Waals surface area contributed by atoms with Gasteiger partial charge in [-0.3, -0.25) is 14.6 Å². The van der Waals surface area contributed by atoms with E-state index < -0.39 is 0 Å². The van der Waals surface area contributed by atoms with Crippen LogP contribution in [0.4, 0.5) is 0 Å². The van der Waals surface area contributed by atoms with Gasteiger partial charge in [0, 0.05) is 19.2 Å². The summed E-state index contributed by atoms with van der Waals surface area (Å²) >= 11 is 0. The summed E-state index contributed by atoms with van der Waals surface area (Å²) in [7, 11) is 1.66. The molecular formula is C12H13N3O3. The number of aromatic nitrogens is 2. The molecule has 1 aromatic heterocycles. The van der Waals surface area contributed by atoms with Gasteiger partial charge in [-0.15, -0.1) is 0 Å². The maximum absolute atomic E-state index is 11.8. The van der Waals surface area contributed by atoms with Gasteiger partial charge in [0.25, 0.3) is 5.56 Å². The predicted molar refractivity (Wildman–Crippen MR) is 65.5 cm³/mol. The van der Waals surface area contributed by atoms with Crippen molar-refractivity contribution < 1.29 is 9.47 Å². The van der Waals surface area contributed by atoms with Crippen LogP contribution in [0.1, 0.15) is 5.56 Å². The van der Waals surface area contributed by atoms with E-state index >= 15 is 0 Å². The highest BCUT2D eigenvalue weighted by atomic mass is 16.7. The van der Waals surface area contributed by atoms with Crippen LogP contribution >= 0.6 is 0 Å². The van der Waals surface area contributed by atoms with Gasteiger partial charge >= 0.3 is 0 Å². The molecule has 6 heteroatoms. The van der Waals surface area contributed by atoms with E-state index in [0.717, 1.165) is 11.3 Å². The number of benzene rings is 1. The van der Waals surface area contributed by atoms with Crippen molar-refractivity contribution in [3.63, 3.8) is 0 Å². The molecule has 2 heterocycles. The van der Waals surface area contributed by atoms with Gasteiger partial charge in [0.15, 0.2) is 11.5 Å². The minimum absolute atomic E-state index is 0.106. The highest BCUT2D eigenvalue weighted by Crippen LogP contribution is 2.35. The Balaban J connectivity index is 2.15. The predicted octanol–water partition coefficient (Wildman–Crippen LogP) is 0.568. The molecule has 0 bridgehead atoms. The van der Waals surface area contributed by atoms with E-state index in [2.05, 4.69) is 5.10 Å². The Labute approximate surface area is 103 Å². The molecule has 0 fully saturated rings. The van der Waals surface area contributed by atoms with Crippen molar-refractivity contribution in [1.29, 1.82) is 0 Å². The van der Waals surface area contributed by atoms with Gasteiger partial charge < -0.3 is 15.2 Å². The second-order valence-electron chi connectivity index (χ2n) is 4.10. The third-order valence-electron chi connectivity index (χ3n) is 3.01. The molecule has 1 aliphatic heterocycles. The summed E-state index contributed by atoms with van der Waals surface area (Å²) < 4.78 is 12.0. The number of ether oxygens (including phenoxy) is 2. The Morgan fingerprint density at radius 2 is 2.17 bits per heavy atom. The molecule has 0 atom stereocenters. The fourth-order valence-corrected chi connectivity index (χ4v) is 2.08. The normalized spacial score (nSPS) is 13.0. The van der Waals surface area contributed by atoms with E-state index in [9.17, 15) is 4.79 Å². The summed E-state index contributed by atoms with van der Waals surface area (Å²) in [5, 5.41) is 3.00. The van der Waals surface area contributed by atoms with E-state index in [0.29, 0.717) is 17.1 Å². The Morgan fingerprint density at radius 1 is 1.39 bits per heavy atom. The van der Waals surface area contributed by atoms with Crippen molar-refractivity contribution >= 4 is 0 Å². The number of rotatable bonds is 2. The molecule has 6 nitrogen and oxygen atoms in total. The van der Waals surface area contributed by atoms with Crippen molar-refractivity contribution in [1.82, 2.24) is 9.78 Å². The number of hydrogen-bond acceptors (Lipinski definition) is 4. The molecule has 1 aliphatic rings. The first-order valence-electron chi connectivity index (χ1n) is 5.58. The second-order valence-corrected chi connectivity index (χ2v) is 4.10. The van der Waals surface area contributed by atoms with Gasteiger partial charge in [0.05, 0.1) is 11.3 Å². The first kappa shape index (κ1) is 10.9. The Bertz CT molecular complexity index is 657. The SMILES string of the molecule is Cn1[nH]c(-c2ccc3c(c2)OCO3)c(CN)c1=O. The van der Waals surface area contributed by atoms with Crippen LogP contribution in [-0.2, 0) is 13.6 Å². The number of aryl methyl sites for hydroxylation is 1. The molecule has 3 rings (SSSR count). The minimum Gasteiger partial charge on any atom is -0.454 e. The maximum atomic E-state index is 11.8. The minimum atomic E-state index is -0.106. The average molecular weight is 247 g/mol. The van der Waals surface area contributed by atoms with E-state index in [-0.39, 0.29) is 18.9 Å². The summed E-state index contributed by atoms with van der Waals surface area (Å²) in [6.45, 7) is 0.424. The third-order valence-corrected chi connectivity index (χ3v) is 3.01. The lowest BCUT2D eigenvalue weighted by atomic mass is 10.1. The second kappa shape index (κ2) is 3.92. The summed E-state index contributed by atoms with van der Waals surface area (Å²) in [5.74, 6) is 1.39.